The number of ether oxygens (including phenoxy) is 1. The summed E-state index contributed by atoms with van der Waals surface area (Å²) in [4.78, 5) is 23.9. The predicted octanol–water partition coefficient (Wildman–Crippen LogP) is 0.670. The Hall–Kier alpha value is -2.70. The molecule has 7 nitrogen and oxygen atoms in total. The van der Waals surface area contributed by atoms with Gasteiger partial charge in [-0.15, -0.1) is 0 Å². The number of para-hydroxylation sites is 1. The van der Waals surface area contributed by atoms with Crippen molar-refractivity contribution < 1.29 is 14.6 Å². The third-order valence-electron chi connectivity index (χ3n) is 2.29. The molecule has 19 heavy (non-hydrogen) atoms. The monoisotopic (exact) mass is 259 g/mol. The highest BCUT2D eigenvalue weighted by Gasteiger charge is 2.15. The van der Waals surface area contributed by atoms with Gasteiger partial charge in [-0.25, -0.2) is 0 Å². The molecule has 0 radical (unpaired) electrons. The summed E-state index contributed by atoms with van der Waals surface area (Å²) in [7, 11) is 1.39. The number of aryl methyl sites for hydroxylation is 1. The molecule has 2 aromatic rings. The van der Waals surface area contributed by atoms with Crippen molar-refractivity contribution in [2.24, 2.45) is 0 Å². The van der Waals surface area contributed by atoms with E-state index in [1.165, 1.54) is 7.11 Å². The van der Waals surface area contributed by atoms with Gasteiger partial charge < -0.3 is 14.6 Å². The molecule has 0 aliphatic rings. The topological polar surface area (TPSA) is 91.3 Å². The molecule has 0 fully saturated rings. The van der Waals surface area contributed by atoms with E-state index in [1.54, 1.807) is 37.3 Å². The van der Waals surface area contributed by atoms with E-state index >= 15 is 0 Å². The Bertz CT molecular complexity index is 589. The van der Waals surface area contributed by atoms with Crippen LogP contribution in [0.4, 0.5) is 16.4 Å². The number of amides is 1. The number of carbonyl (C=O) groups is 1. The highest BCUT2D eigenvalue weighted by atomic mass is 16.5. The quantitative estimate of drug-likeness (QED) is 0.804. The first-order chi connectivity index (χ1) is 9.11. The fourth-order valence-electron chi connectivity index (χ4n) is 1.51. The molecule has 0 unspecified atom stereocenters. The van der Waals surface area contributed by atoms with Crippen molar-refractivity contribution in [3.05, 3.63) is 36.2 Å². The molecule has 0 bridgehead atoms. The summed E-state index contributed by atoms with van der Waals surface area (Å²) in [6, 6.07) is 8.45. The maximum absolute atomic E-state index is 11.3. The third kappa shape index (κ3) is 2.76. The van der Waals surface area contributed by atoms with E-state index in [2.05, 4.69) is 15.0 Å². The predicted molar refractivity (Wildman–Crippen MR) is 65.1 cm³/mol. The van der Waals surface area contributed by atoms with Crippen molar-refractivity contribution in [1.29, 1.82) is 0 Å². The van der Waals surface area contributed by atoms with Crippen LogP contribution < -0.4 is 14.7 Å². The highest BCUT2D eigenvalue weighted by Crippen LogP contribution is 2.22. The van der Waals surface area contributed by atoms with Crippen LogP contribution in [0.25, 0.3) is 0 Å². The normalized spacial score (nSPS) is 10.0. The number of benzene rings is 1. The van der Waals surface area contributed by atoms with E-state index in [9.17, 15) is 9.90 Å². The van der Waals surface area contributed by atoms with Crippen molar-refractivity contribution in [1.82, 2.24) is 15.0 Å². The first kappa shape index (κ1) is 12.7. The lowest BCUT2D eigenvalue weighted by molar-refractivity contribution is -0.245. The number of hydrogen-bond acceptors (Lipinski definition) is 6. The minimum absolute atomic E-state index is 0.0460. The fourth-order valence-corrected chi connectivity index (χ4v) is 1.51. The Morgan fingerprint density at radius 3 is 2.47 bits per heavy atom. The lowest BCUT2D eigenvalue weighted by Crippen LogP contribution is -2.39. The molecule has 1 aromatic heterocycles. The average Bonchev–Trinajstić information content (AvgIpc) is 2.39. The van der Waals surface area contributed by atoms with Gasteiger partial charge in [-0.2, -0.15) is 15.0 Å². The number of carboxylic acid groups (broad SMARTS) is 1. The van der Waals surface area contributed by atoms with Gasteiger partial charge in [0.05, 0.1) is 12.8 Å². The molecule has 0 aliphatic heterocycles. The molecule has 1 amide bonds. The summed E-state index contributed by atoms with van der Waals surface area (Å²) in [5.74, 6) is 0.291. The van der Waals surface area contributed by atoms with Gasteiger partial charge in [-0.1, -0.05) is 18.2 Å². The zero-order chi connectivity index (χ0) is 13.8. The van der Waals surface area contributed by atoms with Crippen molar-refractivity contribution in [3.63, 3.8) is 0 Å². The number of anilines is 2. The van der Waals surface area contributed by atoms with Gasteiger partial charge >= 0.3 is 6.01 Å². The van der Waals surface area contributed by atoms with E-state index in [1.807, 2.05) is 0 Å². The molecule has 2 rings (SSSR count). The van der Waals surface area contributed by atoms with Crippen molar-refractivity contribution in [3.8, 4) is 6.01 Å². The summed E-state index contributed by atoms with van der Waals surface area (Å²) >= 11 is 0. The van der Waals surface area contributed by atoms with Gasteiger partial charge in [-0.3, -0.25) is 4.90 Å². The van der Waals surface area contributed by atoms with E-state index in [0.717, 1.165) is 4.90 Å². The van der Waals surface area contributed by atoms with Crippen molar-refractivity contribution in [2.45, 2.75) is 6.92 Å². The molecule has 0 saturated carbocycles. The van der Waals surface area contributed by atoms with Crippen LogP contribution in [-0.4, -0.2) is 28.2 Å². The van der Waals surface area contributed by atoms with E-state index in [-0.39, 0.29) is 12.0 Å². The molecular weight excluding hydrogens is 248 g/mol. The van der Waals surface area contributed by atoms with Crippen molar-refractivity contribution in [2.75, 3.05) is 12.0 Å². The van der Waals surface area contributed by atoms with Gasteiger partial charge in [-0.05, 0) is 19.1 Å². The van der Waals surface area contributed by atoms with Gasteiger partial charge in [0.1, 0.15) is 11.9 Å². The molecule has 1 heterocycles. The Kier molecular flexibility index (Phi) is 3.56. The van der Waals surface area contributed by atoms with Crippen LogP contribution in [-0.2, 0) is 0 Å². The molecule has 0 N–H and O–H groups in total. The Morgan fingerprint density at radius 2 is 1.89 bits per heavy atom. The second-order valence-electron chi connectivity index (χ2n) is 3.61. The van der Waals surface area contributed by atoms with Crippen LogP contribution in [0, 0.1) is 6.92 Å². The summed E-state index contributed by atoms with van der Waals surface area (Å²) in [5.41, 5.74) is 0.384. The second-order valence-corrected chi connectivity index (χ2v) is 3.61. The van der Waals surface area contributed by atoms with Gasteiger partial charge in [0.15, 0.2) is 0 Å². The second kappa shape index (κ2) is 5.30. The lowest BCUT2D eigenvalue weighted by atomic mass is 10.3. The smallest absolute Gasteiger partial charge is 0.321 e. The molecular formula is C12H11N4O3-. The molecule has 98 valence electrons. The molecule has 1 aromatic carbocycles. The van der Waals surface area contributed by atoms with Crippen LogP contribution in [0.15, 0.2) is 30.3 Å². The standard InChI is InChI=1S/C12H12N4O3/c1-8-13-10(15-11(14-8)19-2)16(12(17)18)9-6-4-3-5-7-9/h3-7H,1-2H3,(H,17,18)/p-1. The van der Waals surface area contributed by atoms with E-state index in [4.69, 9.17) is 4.74 Å². The molecule has 0 spiro atoms. The van der Waals surface area contributed by atoms with Gasteiger partial charge in [0, 0.05) is 0 Å². The Labute approximate surface area is 109 Å². The average molecular weight is 259 g/mol. The van der Waals surface area contributed by atoms with E-state index < -0.39 is 6.09 Å². The van der Waals surface area contributed by atoms with Crippen molar-refractivity contribution >= 4 is 17.7 Å². The number of aromatic nitrogens is 3. The van der Waals surface area contributed by atoms with Crippen LogP contribution in [0.1, 0.15) is 5.82 Å². The zero-order valence-electron chi connectivity index (χ0n) is 10.4. The summed E-state index contributed by atoms with van der Waals surface area (Å²) in [6.45, 7) is 1.62. The SMILES string of the molecule is COc1nc(C)nc(N(C(=O)[O-])c2ccccc2)n1. The summed E-state index contributed by atoms with van der Waals surface area (Å²) in [6.07, 6.45) is -1.43. The lowest BCUT2D eigenvalue weighted by Gasteiger charge is -2.23. The van der Waals surface area contributed by atoms with E-state index in [0.29, 0.717) is 11.5 Å². The third-order valence-corrected chi connectivity index (χ3v) is 2.29. The number of nitrogens with zero attached hydrogens (tertiary/aromatic N) is 4. The highest BCUT2D eigenvalue weighted by molar-refractivity contribution is 5.91. The van der Waals surface area contributed by atoms with Crippen LogP contribution in [0.5, 0.6) is 6.01 Å². The van der Waals surface area contributed by atoms with Crippen LogP contribution in [0.3, 0.4) is 0 Å². The zero-order valence-corrected chi connectivity index (χ0v) is 10.4. The Morgan fingerprint density at radius 1 is 1.21 bits per heavy atom. The summed E-state index contributed by atoms with van der Waals surface area (Å²) < 4.78 is 4.90. The number of methoxy groups -OCH3 is 1. The minimum atomic E-state index is -1.43. The van der Waals surface area contributed by atoms with Crippen LogP contribution in [0.2, 0.25) is 0 Å². The largest absolute Gasteiger partial charge is 0.529 e. The number of rotatable bonds is 3. The molecule has 0 saturated heterocycles. The first-order valence-corrected chi connectivity index (χ1v) is 5.44. The number of carbonyl (C=O) groups excluding carboxylic acids is 1. The van der Waals surface area contributed by atoms with Gasteiger partial charge in [0.2, 0.25) is 5.95 Å². The minimum Gasteiger partial charge on any atom is -0.529 e. The fraction of sp³-hybridized carbons (Fsp3) is 0.167. The van der Waals surface area contributed by atoms with Gasteiger partial charge in [0.25, 0.3) is 0 Å². The maximum atomic E-state index is 11.3. The molecule has 0 aliphatic carbocycles. The maximum Gasteiger partial charge on any atom is 0.321 e. The van der Waals surface area contributed by atoms with Crippen LogP contribution >= 0.6 is 0 Å². The Balaban J connectivity index is 2.51. The first-order valence-electron chi connectivity index (χ1n) is 5.44. The number of hydrogen-bond donors (Lipinski definition) is 0. The molecule has 7 heteroatoms. The summed E-state index contributed by atoms with van der Waals surface area (Å²) in [5, 5.41) is 11.3. The molecule has 0 atom stereocenters.